The van der Waals surface area contributed by atoms with Crippen LogP contribution >= 0.6 is 0 Å². The topological polar surface area (TPSA) is 94.3 Å². The van der Waals surface area contributed by atoms with Crippen molar-refractivity contribution in [3.05, 3.63) is 66.1 Å². The minimum absolute atomic E-state index is 0.0508. The number of phenolic OH excluding ortho intramolecular Hbond substituents is 1. The quantitative estimate of drug-likeness (QED) is 0.517. The van der Waals surface area contributed by atoms with Gasteiger partial charge in [-0.25, -0.2) is 0 Å². The Morgan fingerprint density at radius 1 is 1.15 bits per heavy atom. The molecular weight excluding hydrogens is 346 g/mol. The number of hydrogen-bond donors (Lipinski definition) is 1. The monoisotopic (exact) mass is 363 g/mol. The molecule has 27 heavy (non-hydrogen) atoms. The van der Waals surface area contributed by atoms with E-state index >= 15 is 0 Å². The third-order valence-corrected chi connectivity index (χ3v) is 4.15. The molecule has 4 rings (SSSR count). The number of benzene rings is 1. The lowest BCUT2D eigenvalue weighted by Gasteiger charge is -2.03. The van der Waals surface area contributed by atoms with Crippen molar-refractivity contribution < 1.29 is 18.7 Å². The van der Waals surface area contributed by atoms with Crippen molar-refractivity contribution in [2.75, 3.05) is 0 Å². The van der Waals surface area contributed by atoms with Gasteiger partial charge in [0.2, 0.25) is 0 Å². The molecule has 0 bridgehead atoms. The van der Waals surface area contributed by atoms with Crippen LogP contribution in [0.4, 0.5) is 0 Å². The molecule has 0 spiro atoms. The number of aromatic nitrogens is 3. The smallest absolute Gasteiger partial charge is 0.283 e. The van der Waals surface area contributed by atoms with E-state index in [1.807, 2.05) is 11.5 Å². The van der Waals surface area contributed by atoms with Gasteiger partial charge in [0.1, 0.15) is 11.4 Å². The van der Waals surface area contributed by atoms with Gasteiger partial charge in [-0.05, 0) is 36.8 Å². The molecule has 0 saturated carbocycles. The highest BCUT2D eigenvalue weighted by molar-refractivity contribution is 6.11. The highest BCUT2D eigenvalue weighted by Crippen LogP contribution is 2.28. The molecule has 0 aliphatic carbocycles. The molecule has 1 N–H and O–H groups in total. The molecule has 0 atom stereocenters. The molecule has 136 valence electrons. The molecule has 0 aliphatic rings. The van der Waals surface area contributed by atoms with E-state index in [1.54, 1.807) is 42.6 Å². The maximum Gasteiger partial charge on any atom is 0.283 e. The lowest BCUT2D eigenvalue weighted by Crippen LogP contribution is -2.01. The normalized spacial score (nSPS) is 11.0. The van der Waals surface area contributed by atoms with Gasteiger partial charge in [0, 0.05) is 18.3 Å². The fourth-order valence-electron chi connectivity index (χ4n) is 2.89. The first-order valence-corrected chi connectivity index (χ1v) is 8.58. The second-order valence-corrected chi connectivity index (χ2v) is 6.04. The molecule has 4 aromatic rings. The van der Waals surface area contributed by atoms with Gasteiger partial charge in [0.05, 0.1) is 11.8 Å². The summed E-state index contributed by atoms with van der Waals surface area (Å²) in [7, 11) is 0. The molecule has 7 heteroatoms. The zero-order valence-corrected chi connectivity index (χ0v) is 14.6. The van der Waals surface area contributed by atoms with Crippen LogP contribution in [0.15, 0.2) is 63.8 Å². The van der Waals surface area contributed by atoms with Crippen LogP contribution in [0.2, 0.25) is 0 Å². The van der Waals surface area contributed by atoms with E-state index in [0.29, 0.717) is 29.5 Å². The number of carbonyl (C=O) groups excluding carboxylic acids is 1. The minimum atomic E-state index is -0.269. The first-order chi connectivity index (χ1) is 13.2. The van der Waals surface area contributed by atoms with Gasteiger partial charge in [-0.15, -0.1) is 10.2 Å². The fraction of sp³-hybridized carbons (Fsp3) is 0.150. The largest absolute Gasteiger partial charge is 0.507 e. The number of aromatic hydroxyl groups is 1. The predicted molar refractivity (Wildman–Crippen MR) is 97.3 cm³/mol. The summed E-state index contributed by atoms with van der Waals surface area (Å²) in [5, 5.41) is 18.1. The number of carbonyl (C=O) groups is 1. The lowest BCUT2D eigenvalue weighted by molar-refractivity contribution is 0.103. The van der Waals surface area contributed by atoms with Gasteiger partial charge >= 0.3 is 0 Å². The highest BCUT2D eigenvalue weighted by Gasteiger charge is 2.21. The fourth-order valence-corrected chi connectivity index (χ4v) is 2.89. The van der Waals surface area contributed by atoms with E-state index in [4.69, 9.17) is 8.83 Å². The third kappa shape index (κ3) is 3.15. The molecule has 1 aromatic carbocycles. The van der Waals surface area contributed by atoms with E-state index in [-0.39, 0.29) is 23.0 Å². The minimum Gasteiger partial charge on any atom is -0.507 e. The highest BCUT2D eigenvalue weighted by atomic mass is 16.4. The van der Waals surface area contributed by atoms with Crippen molar-refractivity contribution >= 4 is 5.78 Å². The first-order valence-electron chi connectivity index (χ1n) is 8.58. The van der Waals surface area contributed by atoms with Crippen LogP contribution in [0.5, 0.6) is 5.75 Å². The Kier molecular flexibility index (Phi) is 4.33. The number of aryl methyl sites for hydroxylation is 1. The molecule has 3 aromatic heterocycles. The van der Waals surface area contributed by atoms with Crippen LogP contribution in [-0.2, 0) is 6.54 Å². The molecule has 0 unspecified atom stereocenters. The van der Waals surface area contributed by atoms with Crippen molar-refractivity contribution in [3.63, 3.8) is 0 Å². The summed E-state index contributed by atoms with van der Waals surface area (Å²) in [4.78, 5) is 12.8. The van der Waals surface area contributed by atoms with Crippen molar-refractivity contribution in [2.45, 2.75) is 19.9 Å². The summed E-state index contributed by atoms with van der Waals surface area (Å²) in [5.41, 5.74) is 1.33. The number of ketones is 1. The van der Waals surface area contributed by atoms with E-state index in [9.17, 15) is 9.90 Å². The van der Waals surface area contributed by atoms with Crippen LogP contribution in [0.1, 0.15) is 29.3 Å². The van der Waals surface area contributed by atoms with Crippen LogP contribution < -0.4 is 0 Å². The molecule has 0 radical (unpaired) electrons. The summed E-state index contributed by atoms with van der Waals surface area (Å²) >= 11 is 0. The Morgan fingerprint density at radius 3 is 2.70 bits per heavy atom. The molecule has 0 amide bonds. The van der Waals surface area contributed by atoms with E-state index in [2.05, 4.69) is 10.2 Å². The number of nitrogens with zero attached hydrogens (tertiary/aromatic N) is 3. The summed E-state index contributed by atoms with van der Waals surface area (Å²) in [6, 6.07) is 11.6. The number of rotatable bonds is 6. The summed E-state index contributed by atoms with van der Waals surface area (Å²) in [6.07, 6.45) is 4.14. The molecular formula is C20H17N3O4. The second kappa shape index (κ2) is 6.95. The zero-order valence-electron chi connectivity index (χ0n) is 14.6. The van der Waals surface area contributed by atoms with Gasteiger partial charge in [0.25, 0.3) is 11.8 Å². The van der Waals surface area contributed by atoms with Crippen LogP contribution in [-0.4, -0.2) is 25.7 Å². The SMILES string of the molecule is CCCn1cc(C(=O)c2ccccc2O)cc1-c1nnc(-c2ccco2)o1. The number of furan rings is 1. The third-order valence-electron chi connectivity index (χ3n) is 4.15. The number of phenols is 1. The molecule has 0 saturated heterocycles. The first kappa shape index (κ1) is 16.8. The average molecular weight is 363 g/mol. The summed E-state index contributed by atoms with van der Waals surface area (Å²) in [5.74, 6) is 0.729. The molecule has 0 aliphatic heterocycles. The maximum atomic E-state index is 12.8. The van der Waals surface area contributed by atoms with Gasteiger partial charge in [-0.3, -0.25) is 4.79 Å². The Bertz CT molecular complexity index is 1080. The second-order valence-electron chi connectivity index (χ2n) is 6.04. The van der Waals surface area contributed by atoms with E-state index in [0.717, 1.165) is 6.42 Å². The van der Waals surface area contributed by atoms with Gasteiger partial charge in [-0.2, -0.15) is 0 Å². The van der Waals surface area contributed by atoms with E-state index in [1.165, 1.54) is 12.3 Å². The standard InChI is InChI=1S/C20H17N3O4/c1-2-9-23-12-13(18(25)14-6-3-4-7-16(14)24)11-15(23)19-21-22-20(27-19)17-8-5-10-26-17/h3-8,10-12,24H,2,9H2,1H3. The van der Waals surface area contributed by atoms with Gasteiger partial charge in [-0.1, -0.05) is 19.1 Å². The number of hydrogen-bond acceptors (Lipinski definition) is 6. The van der Waals surface area contributed by atoms with Crippen molar-refractivity contribution in [3.8, 4) is 29.0 Å². The van der Waals surface area contributed by atoms with Crippen LogP contribution in [0.3, 0.4) is 0 Å². The Hall–Kier alpha value is -3.61. The van der Waals surface area contributed by atoms with Gasteiger partial charge in [0.15, 0.2) is 11.5 Å². The average Bonchev–Trinajstić information content (AvgIpc) is 3.41. The maximum absolute atomic E-state index is 12.8. The summed E-state index contributed by atoms with van der Waals surface area (Å²) < 4.78 is 12.9. The molecule has 3 heterocycles. The Labute approximate surface area is 154 Å². The Morgan fingerprint density at radius 2 is 1.96 bits per heavy atom. The summed E-state index contributed by atoms with van der Waals surface area (Å²) in [6.45, 7) is 2.72. The van der Waals surface area contributed by atoms with E-state index < -0.39 is 0 Å². The lowest BCUT2D eigenvalue weighted by atomic mass is 10.0. The van der Waals surface area contributed by atoms with Crippen molar-refractivity contribution in [1.82, 2.24) is 14.8 Å². The van der Waals surface area contributed by atoms with Crippen molar-refractivity contribution in [2.24, 2.45) is 0 Å². The number of para-hydroxylation sites is 1. The van der Waals surface area contributed by atoms with Crippen LogP contribution in [0, 0.1) is 0 Å². The Balaban J connectivity index is 1.73. The molecule has 0 fully saturated rings. The van der Waals surface area contributed by atoms with Gasteiger partial charge < -0.3 is 18.5 Å². The molecule has 7 nitrogen and oxygen atoms in total. The zero-order chi connectivity index (χ0) is 18.8. The van der Waals surface area contributed by atoms with Crippen LogP contribution in [0.25, 0.3) is 23.2 Å². The van der Waals surface area contributed by atoms with Crippen molar-refractivity contribution in [1.29, 1.82) is 0 Å². The predicted octanol–water partition coefficient (Wildman–Crippen LogP) is 4.14.